The van der Waals surface area contributed by atoms with Crippen LogP contribution in [0.3, 0.4) is 0 Å². The van der Waals surface area contributed by atoms with Crippen molar-refractivity contribution in [2.45, 2.75) is 19.4 Å². The zero-order chi connectivity index (χ0) is 17.5. The van der Waals surface area contributed by atoms with Crippen LogP contribution in [0.25, 0.3) is 0 Å². The molecule has 1 heterocycles. The van der Waals surface area contributed by atoms with Gasteiger partial charge in [-0.25, -0.2) is 9.37 Å². The van der Waals surface area contributed by atoms with E-state index in [2.05, 4.69) is 20.6 Å². The highest BCUT2D eigenvalue weighted by Crippen LogP contribution is 2.03. The molecule has 0 spiro atoms. The number of aromatic nitrogens is 2. The predicted octanol–water partition coefficient (Wildman–Crippen LogP) is 0.307. The van der Waals surface area contributed by atoms with Gasteiger partial charge >= 0.3 is 0 Å². The number of aryl methyl sites for hydroxylation is 1. The average Bonchev–Trinajstić information content (AvgIpc) is 2.96. The van der Waals surface area contributed by atoms with Crippen molar-refractivity contribution in [1.29, 1.82) is 0 Å². The largest absolute Gasteiger partial charge is 0.389 e. The maximum absolute atomic E-state index is 12.8. The first-order chi connectivity index (χ1) is 11.5. The number of halogens is 1. The van der Waals surface area contributed by atoms with E-state index in [0.29, 0.717) is 11.3 Å². The van der Waals surface area contributed by atoms with Crippen LogP contribution < -0.4 is 10.6 Å². The molecule has 2 aromatic rings. The molecule has 7 nitrogen and oxygen atoms in total. The molecule has 1 aromatic carbocycles. The van der Waals surface area contributed by atoms with Gasteiger partial charge in [0.1, 0.15) is 5.82 Å². The third kappa shape index (κ3) is 5.17. The van der Waals surface area contributed by atoms with E-state index in [4.69, 9.17) is 0 Å². The number of hydrogen-bond donors (Lipinski definition) is 4. The van der Waals surface area contributed by atoms with Gasteiger partial charge in [-0.3, -0.25) is 9.59 Å². The summed E-state index contributed by atoms with van der Waals surface area (Å²) in [5, 5.41) is 14.9. The van der Waals surface area contributed by atoms with Crippen molar-refractivity contribution in [3.05, 3.63) is 53.4 Å². The number of amides is 2. The molecule has 8 heteroatoms. The Labute approximate surface area is 138 Å². The molecular formula is C16H19FN4O3. The van der Waals surface area contributed by atoms with Gasteiger partial charge < -0.3 is 20.7 Å². The molecular weight excluding hydrogens is 315 g/mol. The summed E-state index contributed by atoms with van der Waals surface area (Å²) in [6.07, 6.45) is 0.695. The summed E-state index contributed by atoms with van der Waals surface area (Å²) in [6, 6.07) is 5.07. The maximum Gasteiger partial charge on any atom is 0.251 e. The van der Waals surface area contributed by atoms with Crippen LogP contribution in [0, 0.1) is 12.7 Å². The van der Waals surface area contributed by atoms with Crippen molar-refractivity contribution < 1.29 is 19.1 Å². The van der Waals surface area contributed by atoms with Crippen LogP contribution in [-0.2, 0) is 11.2 Å². The van der Waals surface area contributed by atoms with Crippen LogP contribution in [0.4, 0.5) is 4.39 Å². The van der Waals surface area contributed by atoms with Crippen LogP contribution in [0.1, 0.15) is 21.7 Å². The third-order valence-electron chi connectivity index (χ3n) is 3.40. The molecule has 0 aliphatic rings. The summed E-state index contributed by atoms with van der Waals surface area (Å²) in [5.74, 6) is -1.12. The van der Waals surface area contributed by atoms with Crippen LogP contribution >= 0.6 is 0 Å². The Balaban J connectivity index is 1.70. The number of carbonyl (C=O) groups is 2. The fraction of sp³-hybridized carbons (Fsp3) is 0.312. The van der Waals surface area contributed by atoms with Crippen molar-refractivity contribution in [2.75, 3.05) is 13.1 Å². The van der Waals surface area contributed by atoms with Crippen molar-refractivity contribution in [1.82, 2.24) is 20.6 Å². The average molecular weight is 334 g/mol. The molecule has 0 fully saturated rings. The predicted molar refractivity (Wildman–Crippen MR) is 84.8 cm³/mol. The SMILES string of the molecule is Cc1[nH]cnc1CC(=O)NCC(O)CNC(=O)c1ccc(F)cc1. The number of H-pyrrole nitrogens is 1. The van der Waals surface area contributed by atoms with E-state index in [0.717, 1.165) is 5.69 Å². The quantitative estimate of drug-likeness (QED) is 0.584. The number of imidazole rings is 1. The molecule has 2 rings (SSSR count). The fourth-order valence-electron chi connectivity index (χ4n) is 2.00. The summed E-state index contributed by atoms with van der Waals surface area (Å²) in [4.78, 5) is 30.5. The van der Waals surface area contributed by atoms with Crippen LogP contribution in [0.2, 0.25) is 0 Å². The molecule has 0 saturated heterocycles. The minimum atomic E-state index is -0.932. The van der Waals surface area contributed by atoms with Gasteiger partial charge in [-0.2, -0.15) is 0 Å². The van der Waals surface area contributed by atoms with Gasteiger partial charge in [0.25, 0.3) is 5.91 Å². The van der Waals surface area contributed by atoms with E-state index in [1.165, 1.54) is 30.6 Å². The number of aliphatic hydroxyl groups is 1. The summed E-state index contributed by atoms with van der Waals surface area (Å²) in [7, 11) is 0. The number of carbonyl (C=O) groups excluding carboxylic acids is 2. The standard InChI is InChI=1S/C16H19FN4O3/c1-10-14(21-9-20-10)6-15(23)18-7-13(22)8-19-16(24)11-2-4-12(17)5-3-11/h2-5,9,13,22H,6-8H2,1H3,(H,18,23)(H,19,24)(H,20,21). The number of aliphatic hydroxyl groups excluding tert-OH is 1. The van der Waals surface area contributed by atoms with Gasteiger partial charge in [0.05, 0.1) is 24.5 Å². The van der Waals surface area contributed by atoms with E-state index >= 15 is 0 Å². The fourth-order valence-corrected chi connectivity index (χ4v) is 2.00. The van der Waals surface area contributed by atoms with Crippen molar-refractivity contribution in [2.24, 2.45) is 0 Å². The first-order valence-electron chi connectivity index (χ1n) is 7.43. The number of hydrogen-bond acceptors (Lipinski definition) is 4. The minimum absolute atomic E-state index is 0.00595. The van der Waals surface area contributed by atoms with E-state index < -0.39 is 17.8 Å². The summed E-state index contributed by atoms with van der Waals surface area (Å²) >= 11 is 0. The highest BCUT2D eigenvalue weighted by molar-refractivity contribution is 5.94. The van der Waals surface area contributed by atoms with E-state index in [9.17, 15) is 19.1 Å². The minimum Gasteiger partial charge on any atom is -0.389 e. The lowest BCUT2D eigenvalue weighted by Gasteiger charge is -2.13. The van der Waals surface area contributed by atoms with Gasteiger partial charge in [0.15, 0.2) is 0 Å². The van der Waals surface area contributed by atoms with Crippen LogP contribution in [0.5, 0.6) is 0 Å². The highest BCUT2D eigenvalue weighted by Gasteiger charge is 2.12. The molecule has 0 aliphatic carbocycles. The van der Waals surface area contributed by atoms with Gasteiger partial charge in [-0.1, -0.05) is 0 Å². The Morgan fingerprint density at radius 3 is 2.54 bits per heavy atom. The molecule has 24 heavy (non-hydrogen) atoms. The zero-order valence-electron chi connectivity index (χ0n) is 13.2. The number of nitrogens with zero attached hydrogens (tertiary/aromatic N) is 1. The zero-order valence-corrected chi connectivity index (χ0v) is 13.2. The Hall–Kier alpha value is -2.74. The maximum atomic E-state index is 12.8. The van der Waals surface area contributed by atoms with Crippen molar-refractivity contribution >= 4 is 11.8 Å². The second kappa shape index (κ2) is 8.21. The highest BCUT2D eigenvalue weighted by atomic mass is 19.1. The van der Waals surface area contributed by atoms with Gasteiger partial charge in [0, 0.05) is 24.3 Å². The van der Waals surface area contributed by atoms with E-state index in [1.807, 2.05) is 6.92 Å². The van der Waals surface area contributed by atoms with Crippen LogP contribution in [0.15, 0.2) is 30.6 Å². The Morgan fingerprint density at radius 1 is 1.25 bits per heavy atom. The number of aromatic amines is 1. The lowest BCUT2D eigenvalue weighted by atomic mass is 10.2. The first-order valence-corrected chi connectivity index (χ1v) is 7.43. The van der Waals surface area contributed by atoms with Crippen molar-refractivity contribution in [3.8, 4) is 0 Å². The second-order valence-corrected chi connectivity index (χ2v) is 5.33. The van der Waals surface area contributed by atoms with E-state index in [-0.39, 0.29) is 25.4 Å². The first kappa shape index (κ1) is 17.6. The van der Waals surface area contributed by atoms with Crippen molar-refractivity contribution in [3.63, 3.8) is 0 Å². The summed E-state index contributed by atoms with van der Waals surface area (Å²) < 4.78 is 12.8. The molecule has 0 radical (unpaired) electrons. The molecule has 0 saturated carbocycles. The summed E-state index contributed by atoms with van der Waals surface area (Å²) in [5.41, 5.74) is 1.76. The normalized spacial score (nSPS) is 11.8. The van der Waals surface area contributed by atoms with Gasteiger partial charge in [-0.15, -0.1) is 0 Å². The molecule has 0 bridgehead atoms. The Morgan fingerprint density at radius 2 is 1.92 bits per heavy atom. The second-order valence-electron chi connectivity index (χ2n) is 5.33. The molecule has 128 valence electrons. The van der Waals surface area contributed by atoms with Gasteiger partial charge in [0.2, 0.25) is 5.91 Å². The molecule has 0 aliphatic heterocycles. The molecule has 1 unspecified atom stereocenters. The number of rotatable bonds is 7. The summed E-state index contributed by atoms with van der Waals surface area (Å²) in [6.45, 7) is 1.79. The van der Waals surface area contributed by atoms with Gasteiger partial charge in [-0.05, 0) is 31.2 Å². The topological polar surface area (TPSA) is 107 Å². The number of benzene rings is 1. The molecule has 2 amide bonds. The lowest BCUT2D eigenvalue weighted by Crippen LogP contribution is -2.40. The third-order valence-corrected chi connectivity index (χ3v) is 3.40. The lowest BCUT2D eigenvalue weighted by molar-refractivity contribution is -0.120. The monoisotopic (exact) mass is 334 g/mol. The Kier molecular flexibility index (Phi) is 6.02. The number of nitrogens with one attached hydrogen (secondary N) is 3. The molecule has 1 aromatic heterocycles. The smallest absolute Gasteiger partial charge is 0.251 e. The molecule has 1 atom stereocenters. The Bertz CT molecular complexity index is 700. The molecule has 4 N–H and O–H groups in total. The van der Waals surface area contributed by atoms with Crippen LogP contribution in [-0.4, -0.2) is 46.1 Å². The van der Waals surface area contributed by atoms with E-state index in [1.54, 1.807) is 0 Å².